The highest BCUT2D eigenvalue weighted by Gasteiger charge is 2.29. The monoisotopic (exact) mass is 269 g/mol. The first-order valence-corrected chi connectivity index (χ1v) is 6.37. The number of cyclic esters (lactones) is 1. The van der Waals surface area contributed by atoms with Crippen LogP contribution in [0.1, 0.15) is 6.42 Å². The molecule has 0 unspecified atom stereocenters. The molecule has 1 aliphatic heterocycles. The Labute approximate surface area is 106 Å². The van der Waals surface area contributed by atoms with E-state index in [9.17, 15) is 4.79 Å². The summed E-state index contributed by atoms with van der Waals surface area (Å²) in [5, 5.41) is 0.882. The molecule has 0 saturated carbocycles. The van der Waals surface area contributed by atoms with Gasteiger partial charge in [0.25, 0.3) is 5.22 Å². The lowest BCUT2D eigenvalue weighted by molar-refractivity contribution is -0.137. The second kappa shape index (κ2) is 4.23. The molecule has 2 heterocycles. The van der Waals surface area contributed by atoms with Gasteiger partial charge in [0.1, 0.15) is 10.8 Å². The van der Waals surface area contributed by atoms with E-state index < -0.39 is 0 Å². The number of benzene rings is 1. The molecule has 0 N–H and O–H groups in total. The molecule has 1 fully saturated rings. The number of fused-ring (bicyclic) bond motifs is 1. The predicted octanol–water partition coefficient (Wildman–Crippen LogP) is 2.89. The van der Waals surface area contributed by atoms with Gasteiger partial charge in [-0.3, -0.25) is 4.79 Å². The number of halogens is 1. The molecule has 17 heavy (non-hydrogen) atoms. The summed E-state index contributed by atoms with van der Waals surface area (Å²) in [6.07, 6.45) is 0.697. The number of hydrogen-bond donors (Lipinski definition) is 0. The minimum Gasteiger partial charge on any atom is -0.465 e. The SMILES string of the molecule is O=C1OCC[C@@H]1Sc1nc2cc(Cl)ccc2o1. The van der Waals surface area contributed by atoms with E-state index in [4.69, 9.17) is 20.8 Å². The summed E-state index contributed by atoms with van der Waals surface area (Å²) in [6, 6.07) is 5.24. The quantitative estimate of drug-likeness (QED) is 0.785. The molecule has 6 heteroatoms. The largest absolute Gasteiger partial charge is 0.465 e. The third-order valence-electron chi connectivity index (χ3n) is 2.46. The van der Waals surface area contributed by atoms with Crippen LogP contribution in [0.5, 0.6) is 0 Å². The Kier molecular flexibility index (Phi) is 2.72. The molecule has 0 aliphatic carbocycles. The van der Waals surface area contributed by atoms with E-state index in [-0.39, 0.29) is 11.2 Å². The number of nitrogens with zero attached hydrogens (tertiary/aromatic N) is 1. The summed E-state index contributed by atoms with van der Waals surface area (Å²) in [4.78, 5) is 15.6. The molecule has 2 aromatic rings. The third-order valence-corrected chi connectivity index (χ3v) is 3.78. The number of esters is 1. The van der Waals surface area contributed by atoms with Crippen LogP contribution >= 0.6 is 23.4 Å². The smallest absolute Gasteiger partial charge is 0.319 e. The van der Waals surface area contributed by atoms with Gasteiger partial charge in [0.05, 0.1) is 6.61 Å². The molecule has 1 aliphatic rings. The number of ether oxygens (including phenoxy) is 1. The number of carbonyl (C=O) groups excluding carboxylic acids is 1. The predicted molar refractivity (Wildman–Crippen MR) is 64.2 cm³/mol. The fourth-order valence-electron chi connectivity index (χ4n) is 1.64. The van der Waals surface area contributed by atoms with Crippen molar-refractivity contribution in [2.24, 2.45) is 0 Å². The molecule has 1 aromatic heterocycles. The second-order valence-electron chi connectivity index (χ2n) is 3.65. The Balaban J connectivity index is 1.88. The minimum atomic E-state index is -0.210. The van der Waals surface area contributed by atoms with E-state index in [1.54, 1.807) is 18.2 Å². The maximum Gasteiger partial charge on any atom is 0.319 e. The summed E-state index contributed by atoms with van der Waals surface area (Å²) < 4.78 is 10.4. The summed E-state index contributed by atoms with van der Waals surface area (Å²) in [6.45, 7) is 0.475. The highest BCUT2D eigenvalue weighted by molar-refractivity contribution is 8.00. The van der Waals surface area contributed by atoms with Crippen molar-refractivity contribution < 1.29 is 13.9 Å². The van der Waals surface area contributed by atoms with Gasteiger partial charge in [0.15, 0.2) is 5.58 Å². The molecule has 1 atom stereocenters. The van der Waals surface area contributed by atoms with Gasteiger partial charge >= 0.3 is 5.97 Å². The van der Waals surface area contributed by atoms with E-state index in [0.29, 0.717) is 34.4 Å². The zero-order chi connectivity index (χ0) is 11.8. The van der Waals surface area contributed by atoms with Crippen molar-refractivity contribution in [3.8, 4) is 0 Å². The molecule has 88 valence electrons. The topological polar surface area (TPSA) is 52.3 Å². The molecule has 4 nitrogen and oxygen atoms in total. The van der Waals surface area contributed by atoms with Crippen LogP contribution in [0.3, 0.4) is 0 Å². The zero-order valence-electron chi connectivity index (χ0n) is 8.68. The number of carbonyl (C=O) groups is 1. The van der Waals surface area contributed by atoms with Crippen molar-refractivity contribution in [3.05, 3.63) is 23.2 Å². The van der Waals surface area contributed by atoms with Crippen LogP contribution in [-0.4, -0.2) is 22.8 Å². The Morgan fingerprint density at radius 2 is 2.35 bits per heavy atom. The molecule has 0 bridgehead atoms. The van der Waals surface area contributed by atoms with Crippen LogP contribution in [0.4, 0.5) is 0 Å². The van der Waals surface area contributed by atoms with E-state index in [1.165, 1.54) is 11.8 Å². The molecule has 1 aromatic carbocycles. The maximum atomic E-state index is 11.3. The van der Waals surface area contributed by atoms with Gasteiger partial charge in [-0.15, -0.1) is 0 Å². The average molecular weight is 270 g/mol. The van der Waals surface area contributed by atoms with Crippen LogP contribution < -0.4 is 0 Å². The maximum absolute atomic E-state index is 11.3. The lowest BCUT2D eigenvalue weighted by Gasteiger charge is -1.99. The molecule has 1 saturated heterocycles. The van der Waals surface area contributed by atoms with Crippen molar-refractivity contribution in [1.82, 2.24) is 4.98 Å². The Bertz CT molecular complexity index is 583. The average Bonchev–Trinajstić information content (AvgIpc) is 2.85. The lowest BCUT2D eigenvalue weighted by atomic mass is 10.3. The van der Waals surface area contributed by atoms with Crippen LogP contribution in [0.15, 0.2) is 27.8 Å². The van der Waals surface area contributed by atoms with Crippen LogP contribution in [0.2, 0.25) is 5.02 Å². The number of aromatic nitrogens is 1. The number of rotatable bonds is 2. The van der Waals surface area contributed by atoms with E-state index in [1.807, 2.05) is 0 Å². The van der Waals surface area contributed by atoms with Gasteiger partial charge < -0.3 is 9.15 Å². The Hall–Kier alpha value is -1.20. The highest BCUT2D eigenvalue weighted by Crippen LogP contribution is 2.31. The minimum absolute atomic E-state index is 0.199. The van der Waals surface area contributed by atoms with Gasteiger partial charge in [-0.25, -0.2) is 4.98 Å². The number of thioether (sulfide) groups is 1. The molecular formula is C11H8ClNO3S. The van der Waals surface area contributed by atoms with Crippen molar-refractivity contribution >= 4 is 40.4 Å². The van der Waals surface area contributed by atoms with E-state index in [0.717, 1.165) is 0 Å². The van der Waals surface area contributed by atoms with Crippen molar-refractivity contribution in [2.45, 2.75) is 16.9 Å². The Morgan fingerprint density at radius 3 is 3.12 bits per heavy atom. The fourth-order valence-corrected chi connectivity index (χ4v) is 2.71. The first kappa shape index (κ1) is 10.9. The van der Waals surface area contributed by atoms with Crippen molar-refractivity contribution in [2.75, 3.05) is 6.61 Å². The van der Waals surface area contributed by atoms with Crippen molar-refractivity contribution in [1.29, 1.82) is 0 Å². The summed E-state index contributed by atoms with van der Waals surface area (Å²) in [5.74, 6) is -0.199. The van der Waals surface area contributed by atoms with Gasteiger partial charge in [-0.1, -0.05) is 23.4 Å². The molecular weight excluding hydrogens is 262 g/mol. The van der Waals surface area contributed by atoms with E-state index >= 15 is 0 Å². The zero-order valence-corrected chi connectivity index (χ0v) is 10.3. The van der Waals surface area contributed by atoms with Gasteiger partial charge in [-0.05, 0) is 18.2 Å². The lowest BCUT2D eigenvalue weighted by Crippen LogP contribution is -2.09. The van der Waals surface area contributed by atoms with Crippen molar-refractivity contribution in [3.63, 3.8) is 0 Å². The molecule has 0 radical (unpaired) electrons. The normalized spacial score (nSPS) is 19.8. The first-order chi connectivity index (χ1) is 8.22. The first-order valence-electron chi connectivity index (χ1n) is 5.12. The summed E-state index contributed by atoms with van der Waals surface area (Å²) in [7, 11) is 0. The highest BCUT2D eigenvalue weighted by atomic mass is 35.5. The van der Waals surface area contributed by atoms with Gasteiger partial charge in [-0.2, -0.15) is 0 Å². The summed E-state index contributed by atoms with van der Waals surface area (Å²) in [5.41, 5.74) is 1.37. The fraction of sp³-hybridized carbons (Fsp3) is 0.273. The number of oxazole rings is 1. The summed E-state index contributed by atoms with van der Waals surface area (Å²) >= 11 is 7.15. The molecule has 0 amide bonds. The van der Waals surface area contributed by atoms with E-state index in [2.05, 4.69) is 4.98 Å². The second-order valence-corrected chi connectivity index (χ2v) is 5.24. The van der Waals surface area contributed by atoms with Crippen LogP contribution in [0, 0.1) is 0 Å². The van der Waals surface area contributed by atoms with Gasteiger partial charge in [0, 0.05) is 11.4 Å². The third kappa shape index (κ3) is 2.12. The van der Waals surface area contributed by atoms with Crippen LogP contribution in [-0.2, 0) is 9.53 Å². The van der Waals surface area contributed by atoms with Crippen LogP contribution in [0.25, 0.3) is 11.1 Å². The number of hydrogen-bond acceptors (Lipinski definition) is 5. The standard InChI is InChI=1S/C11H8ClNO3S/c12-6-1-2-8-7(5-6)13-11(16-8)17-9-3-4-15-10(9)14/h1-2,5,9H,3-4H2/t9-/m0/s1. The Morgan fingerprint density at radius 1 is 1.47 bits per heavy atom. The van der Waals surface area contributed by atoms with Gasteiger partial charge in [0.2, 0.25) is 0 Å². The molecule has 0 spiro atoms. The molecule has 3 rings (SSSR count).